The van der Waals surface area contributed by atoms with Gasteiger partial charge in [0.25, 0.3) is 5.91 Å². The number of aromatic nitrogens is 4. The van der Waals surface area contributed by atoms with Gasteiger partial charge in [0.2, 0.25) is 5.82 Å². The van der Waals surface area contributed by atoms with Crippen LogP contribution < -0.4 is 4.90 Å². The Labute approximate surface area is 176 Å². The zero-order valence-electron chi connectivity index (χ0n) is 15.1. The van der Waals surface area contributed by atoms with Crippen molar-refractivity contribution in [2.45, 2.75) is 16.3 Å². The lowest BCUT2D eigenvalue weighted by Crippen LogP contribution is -2.32. The molecule has 1 amide bonds. The summed E-state index contributed by atoms with van der Waals surface area (Å²) in [5.41, 5.74) is 2.43. The third-order valence-corrected chi connectivity index (χ3v) is 5.86. The Kier molecular flexibility index (Phi) is 4.54. The van der Waals surface area contributed by atoms with Crippen LogP contribution >= 0.6 is 23.4 Å². The third-order valence-electron chi connectivity index (χ3n) is 4.50. The Hall–Kier alpha value is -3.16. The van der Waals surface area contributed by atoms with E-state index in [9.17, 15) is 4.79 Å². The van der Waals surface area contributed by atoms with Gasteiger partial charge in [0.15, 0.2) is 0 Å². The number of benzene rings is 3. The minimum Gasteiger partial charge on any atom is -0.277 e. The normalized spacial score (nSPS) is 12.4. The molecule has 142 valence electrons. The van der Waals surface area contributed by atoms with Gasteiger partial charge in [-0.2, -0.15) is 4.80 Å². The van der Waals surface area contributed by atoms with Crippen molar-refractivity contribution in [2.24, 2.45) is 0 Å². The van der Waals surface area contributed by atoms with Gasteiger partial charge in [0.05, 0.1) is 11.4 Å². The molecule has 0 saturated carbocycles. The minimum atomic E-state index is -0.168. The summed E-state index contributed by atoms with van der Waals surface area (Å²) in [4.78, 5) is 18.3. The van der Waals surface area contributed by atoms with Crippen LogP contribution in [-0.2, 0) is 11.3 Å². The Bertz CT molecular complexity index is 1210. The average Bonchev–Trinajstić information content (AvgIpc) is 3.21. The fraction of sp³-hybridized carbons (Fsp3) is 0.0476. The number of hydrogen-bond donors (Lipinski definition) is 0. The number of nitrogens with zero attached hydrogens (tertiary/aromatic N) is 5. The van der Waals surface area contributed by atoms with Gasteiger partial charge in [-0.3, -0.25) is 9.69 Å². The lowest BCUT2D eigenvalue weighted by molar-refractivity contribution is -0.118. The predicted molar refractivity (Wildman–Crippen MR) is 112 cm³/mol. The molecule has 6 nitrogen and oxygen atoms in total. The molecule has 0 radical (unpaired) electrons. The van der Waals surface area contributed by atoms with Gasteiger partial charge in [-0.05, 0) is 35.5 Å². The topological polar surface area (TPSA) is 63.9 Å². The molecule has 0 unspecified atom stereocenters. The van der Waals surface area contributed by atoms with Crippen LogP contribution in [0.5, 0.6) is 0 Å². The van der Waals surface area contributed by atoms with E-state index in [1.807, 2.05) is 72.8 Å². The summed E-state index contributed by atoms with van der Waals surface area (Å²) in [6.45, 7) is -0.0369. The van der Waals surface area contributed by atoms with E-state index in [0.717, 1.165) is 26.7 Å². The highest BCUT2D eigenvalue weighted by Gasteiger charge is 2.29. The second-order valence-electron chi connectivity index (χ2n) is 6.42. The van der Waals surface area contributed by atoms with Crippen molar-refractivity contribution in [1.82, 2.24) is 20.2 Å². The standard InChI is InChI=1S/C21H14ClN5OS/c22-15-10-11-19-17(12-15)27(16-8-4-5-9-18(16)29-19)20(28)13-26-24-21(23-25-26)14-6-2-1-3-7-14/h1-12H,13H2. The summed E-state index contributed by atoms with van der Waals surface area (Å²) >= 11 is 7.84. The van der Waals surface area contributed by atoms with Gasteiger partial charge in [-0.15, -0.1) is 10.2 Å². The van der Waals surface area contributed by atoms with E-state index in [-0.39, 0.29) is 12.5 Å². The van der Waals surface area contributed by atoms with E-state index >= 15 is 0 Å². The Morgan fingerprint density at radius 1 is 0.931 bits per heavy atom. The van der Waals surface area contributed by atoms with Crippen LogP contribution in [-0.4, -0.2) is 26.1 Å². The minimum absolute atomic E-state index is 0.0369. The fourth-order valence-electron chi connectivity index (χ4n) is 3.20. The molecule has 29 heavy (non-hydrogen) atoms. The highest BCUT2D eigenvalue weighted by molar-refractivity contribution is 7.99. The van der Waals surface area contributed by atoms with Crippen LogP contribution in [0.15, 0.2) is 82.6 Å². The molecule has 1 aromatic heterocycles. The van der Waals surface area contributed by atoms with E-state index in [1.165, 1.54) is 4.80 Å². The number of fused-ring (bicyclic) bond motifs is 2. The van der Waals surface area contributed by atoms with E-state index in [2.05, 4.69) is 15.4 Å². The number of amides is 1. The fourth-order valence-corrected chi connectivity index (χ4v) is 4.41. The van der Waals surface area contributed by atoms with E-state index in [0.29, 0.717) is 10.8 Å². The first-order chi connectivity index (χ1) is 14.2. The predicted octanol–water partition coefficient (Wildman–Crippen LogP) is 4.82. The molecule has 4 aromatic rings. The van der Waals surface area contributed by atoms with Gasteiger partial charge in [0, 0.05) is 20.4 Å². The first kappa shape index (κ1) is 17.9. The van der Waals surface area contributed by atoms with E-state index < -0.39 is 0 Å². The van der Waals surface area contributed by atoms with Gasteiger partial charge in [-0.25, -0.2) is 0 Å². The van der Waals surface area contributed by atoms with E-state index in [4.69, 9.17) is 11.6 Å². The van der Waals surface area contributed by atoms with Gasteiger partial charge in [-0.1, -0.05) is 65.8 Å². The number of halogens is 1. The summed E-state index contributed by atoms with van der Waals surface area (Å²) in [5.74, 6) is 0.315. The first-order valence-corrected chi connectivity index (χ1v) is 10.1. The molecule has 0 bridgehead atoms. The maximum absolute atomic E-state index is 13.3. The van der Waals surface area contributed by atoms with Crippen LogP contribution in [0.25, 0.3) is 11.4 Å². The molecule has 0 aliphatic carbocycles. The SMILES string of the molecule is O=C(Cn1nnc(-c2ccccc2)n1)N1c2ccccc2Sc2ccc(Cl)cc21. The molecule has 0 fully saturated rings. The molecule has 0 atom stereocenters. The number of carbonyl (C=O) groups excluding carboxylic acids is 1. The van der Waals surface area contributed by atoms with Gasteiger partial charge < -0.3 is 0 Å². The van der Waals surface area contributed by atoms with Crippen molar-refractivity contribution in [3.8, 4) is 11.4 Å². The van der Waals surface area contributed by atoms with Crippen molar-refractivity contribution in [3.63, 3.8) is 0 Å². The summed E-state index contributed by atoms with van der Waals surface area (Å²) in [5, 5.41) is 13.1. The summed E-state index contributed by atoms with van der Waals surface area (Å²) in [6.07, 6.45) is 0. The van der Waals surface area contributed by atoms with Crippen LogP contribution in [0.1, 0.15) is 0 Å². The number of para-hydroxylation sites is 1. The van der Waals surface area contributed by atoms with Gasteiger partial charge in [0.1, 0.15) is 6.54 Å². The van der Waals surface area contributed by atoms with Crippen molar-refractivity contribution in [2.75, 3.05) is 4.90 Å². The quantitative estimate of drug-likeness (QED) is 0.476. The summed E-state index contributed by atoms with van der Waals surface area (Å²) in [6, 6.07) is 22.9. The van der Waals surface area contributed by atoms with E-state index in [1.54, 1.807) is 16.7 Å². The largest absolute Gasteiger partial charge is 0.277 e. The number of carbonyl (C=O) groups is 1. The number of anilines is 2. The summed E-state index contributed by atoms with van der Waals surface area (Å²) < 4.78 is 0. The zero-order chi connectivity index (χ0) is 19.8. The number of tetrazole rings is 1. The maximum Gasteiger partial charge on any atom is 0.255 e. The molecule has 0 spiro atoms. The first-order valence-electron chi connectivity index (χ1n) is 8.92. The molecule has 5 rings (SSSR count). The maximum atomic E-state index is 13.3. The van der Waals surface area contributed by atoms with Crippen molar-refractivity contribution >= 4 is 40.6 Å². The van der Waals surface area contributed by atoms with Crippen LogP contribution in [0.4, 0.5) is 11.4 Å². The van der Waals surface area contributed by atoms with Crippen LogP contribution in [0, 0.1) is 0 Å². The Morgan fingerprint density at radius 2 is 1.69 bits per heavy atom. The molecule has 1 aliphatic heterocycles. The zero-order valence-corrected chi connectivity index (χ0v) is 16.6. The molecule has 2 heterocycles. The molecular formula is C21H14ClN5OS. The lowest BCUT2D eigenvalue weighted by atomic mass is 10.2. The lowest BCUT2D eigenvalue weighted by Gasteiger charge is -2.31. The summed E-state index contributed by atoms with van der Waals surface area (Å²) in [7, 11) is 0. The molecule has 8 heteroatoms. The smallest absolute Gasteiger partial charge is 0.255 e. The second kappa shape index (κ2) is 7.35. The van der Waals surface area contributed by atoms with Crippen LogP contribution in [0.3, 0.4) is 0 Å². The average molecular weight is 420 g/mol. The van der Waals surface area contributed by atoms with Crippen molar-refractivity contribution in [3.05, 3.63) is 77.8 Å². The van der Waals surface area contributed by atoms with Gasteiger partial charge >= 0.3 is 0 Å². The third kappa shape index (κ3) is 3.39. The molecular weight excluding hydrogens is 406 g/mol. The van der Waals surface area contributed by atoms with Crippen molar-refractivity contribution in [1.29, 1.82) is 0 Å². The number of rotatable bonds is 3. The highest BCUT2D eigenvalue weighted by Crippen LogP contribution is 2.48. The molecule has 1 aliphatic rings. The van der Waals surface area contributed by atoms with Crippen LogP contribution in [0.2, 0.25) is 5.02 Å². The van der Waals surface area contributed by atoms with Crippen molar-refractivity contribution < 1.29 is 4.79 Å². The molecule has 0 saturated heterocycles. The highest BCUT2D eigenvalue weighted by atomic mass is 35.5. The second-order valence-corrected chi connectivity index (χ2v) is 7.94. The Balaban J connectivity index is 1.49. The molecule has 3 aromatic carbocycles. The monoisotopic (exact) mass is 419 g/mol. The number of hydrogen-bond acceptors (Lipinski definition) is 5. The Morgan fingerprint density at radius 3 is 2.55 bits per heavy atom. The molecule has 0 N–H and O–H groups in total.